The number of imide groups is 1. The summed E-state index contributed by atoms with van der Waals surface area (Å²) in [5.74, 6) is -0.301. The molecule has 0 atom stereocenters. The molecule has 1 heterocycles. The number of hydrogen-bond donors (Lipinski definition) is 1. The standard InChI is InChI=1S/C21H21ClN2O4/c1-13-8-9-14(22)12-16(13)23-19-18(15-6-4-5-7-17(15)28-3)20(25)24(21(19)26)10-11-27-2/h4-9,12,23H,10-11H2,1-3H3. The summed E-state index contributed by atoms with van der Waals surface area (Å²) in [6.07, 6.45) is 0. The Bertz CT molecular complexity index is 955. The summed E-state index contributed by atoms with van der Waals surface area (Å²) in [5.41, 5.74) is 2.55. The Balaban J connectivity index is 2.13. The van der Waals surface area contributed by atoms with Crippen molar-refractivity contribution in [3.63, 3.8) is 0 Å². The average Bonchev–Trinajstić information content (AvgIpc) is 2.92. The van der Waals surface area contributed by atoms with Crippen molar-refractivity contribution < 1.29 is 19.1 Å². The maximum atomic E-state index is 13.1. The molecule has 2 aromatic carbocycles. The van der Waals surface area contributed by atoms with Crippen molar-refractivity contribution in [2.75, 3.05) is 32.7 Å². The lowest BCUT2D eigenvalue weighted by Crippen LogP contribution is -2.35. The Kier molecular flexibility index (Phi) is 6.02. The molecule has 0 saturated heterocycles. The molecular formula is C21H21ClN2O4. The molecule has 0 spiro atoms. The fourth-order valence-corrected chi connectivity index (χ4v) is 3.21. The Hall–Kier alpha value is -2.83. The van der Waals surface area contributed by atoms with E-state index in [-0.39, 0.29) is 24.4 Å². The third kappa shape index (κ3) is 3.74. The molecule has 3 rings (SSSR count). The highest BCUT2D eigenvalue weighted by Gasteiger charge is 2.40. The second-order valence-electron chi connectivity index (χ2n) is 6.29. The van der Waals surface area contributed by atoms with Crippen LogP contribution in [0.3, 0.4) is 0 Å². The first-order valence-electron chi connectivity index (χ1n) is 8.74. The Morgan fingerprint density at radius 1 is 1.07 bits per heavy atom. The summed E-state index contributed by atoms with van der Waals surface area (Å²) in [4.78, 5) is 27.3. The summed E-state index contributed by atoms with van der Waals surface area (Å²) in [6, 6.07) is 12.4. The van der Waals surface area contributed by atoms with Crippen molar-refractivity contribution in [2.45, 2.75) is 6.92 Å². The lowest BCUT2D eigenvalue weighted by atomic mass is 10.0. The van der Waals surface area contributed by atoms with Crippen molar-refractivity contribution in [1.82, 2.24) is 4.90 Å². The summed E-state index contributed by atoms with van der Waals surface area (Å²) in [6.45, 7) is 2.30. The van der Waals surface area contributed by atoms with Crippen molar-refractivity contribution in [3.8, 4) is 5.75 Å². The molecule has 0 unspecified atom stereocenters. The lowest BCUT2D eigenvalue weighted by molar-refractivity contribution is -0.137. The number of hydrogen-bond acceptors (Lipinski definition) is 5. The van der Waals surface area contributed by atoms with Crippen LogP contribution in [0.4, 0.5) is 5.69 Å². The second kappa shape index (κ2) is 8.46. The van der Waals surface area contributed by atoms with E-state index in [1.165, 1.54) is 19.1 Å². The van der Waals surface area contributed by atoms with E-state index < -0.39 is 11.8 Å². The van der Waals surface area contributed by atoms with Crippen molar-refractivity contribution in [3.05, 3.63) is 64.3 Å². The van der Waals surface area contributed by atoms with E-state index in [1.807, 2.05) is 13.0 Å². The first-order chi connectivity index (χ1) is 13.5. The van der Waals surface area contributed by atoms with Gasteiger partial charge in [-0.2, -0.15) is 0 Å². The van der Waals surface area contributed by atoms with Crippen LogP contribution in [0.5, 0.6) is 5.75 Å². The van der Waals surface area contributed by atoms with Gasteiger partial charge in [-0.1, -0.05) is 35.9 Å². The maximum absolute atomic E-state index is 13.1. The molecule has 0 saturated carbocycles. The number of amides is 2. The molecule has 7 heteroatoms. The van der Waals surface area contributed by atoms with Crippen LogP contribution in [0.2, 0.25) is 5.02 Å². The van der Waals surface area contributed by atoms with E-state index in [0.29, 0.717) is 22.0 Å². The molecule has 0 aliphatic carbocycles. The molecule has 0 bridgehead atoms. The summed E-state index contributed by atoms with van der Waals surface area (Å²) in [7, 11) is 3.05. The number of rotatable bonds is 7. The van der Waals surface area contributed by atoms with Gasteiger partial charge in [-0.3, -0.25) is 14.5 Å². The van der Waals surface area contributed by atoms with Gasteiger partial charge < -0.3 is 14.8 Å². The van der Waals surface area contributed by atoms with E-state index in [2.05, 4.69) is 5.32 Å². The Morgan fingerprint density at radius 2 is 1.82 bits per heavy atom. The predicted octanol–water partition coefficient (Wildman–Crippen LogP) is 3.50. The fraction of sp³-hybridized carbons (Fsp3) is 0.238. The normalized spacial score (nSPS) is 14.1. The van der Waals surface area contributed by atoms with Gasteiger partial charge in [-0.05, 0) is 30.7 Å². The highest BCUT2D eigenvalue weighted by atomic mass is 35.5. The topological polar surface area (TPSA) is 67.9 Å². The van der Waals surface area contributed by atoms with Gasteiger partial charge in [0.25, 0.3) is 11.8 Å². The van der Waals surface area contributed by atoms with Crippen LogP contribution in [0.15, 0.2) is 48.2 Å². The minimum absolute atomic E-state index is 0.159. The molecule has 1 aliphatic rings. The Labute approximate surface area is 168 Å². The van der Waals surface area contributed by atoms with Gasteiger partial charge in [0.05, 0.1) is 25.8 Å². The molecule has 0 fully saturated rings. The monoisotopic (exact) mass is 400 g/mol. The molecule has 0 radical (unpaired) electrons. The minimum Gasteiger partial charge on any atom is -0.496 e. The van der Waals surface area contributed by atoms with Gasteiger partial charge in [0, 0.05) is 23.4 Å². The Morgan fingerprint density at radius 3 is 2.54 bits per heavy atom. The zero-order valence-corrected chi connectivity index (χ0v) is 16.7. The number of benzene rings is 2. The first kappa shape index (κ1) is 19.9. The highest BCUT2D eigenvalue weighted by molar-refractivity contribution is 6.37. The van der Waals surface area contributed by atoms with Gasteiger partial charge in [-0.15, -0.1) is 0 Å². The third-order valence-electron chi connectivity index (χ3n) is 4.52. The summed E-state index contributed by atoms with van der Waals surface area (Å²) in [5, 5.41) is 3.65. The zero-order valence-electron chi connectivity index (χ0n) is 15.9. The molecular weight excluding hydrogens is 380 g/mol. The molecule has 1 N–H and O–H groups in total. The van der Waals surface area contributed by atoms with Crippen LogP contribution < -0.4 is 10.1 Å². The maximum Gasteiger partial charge on any atom is 0.278 e. The number of methoxy groups -OCH3 is 2. The van der Waals surface area contributed by atoms with E-state index in [1.54, 1.807) is 36.4 Å². The molecule has 6 nitrogen and oxygen atoms in total. The molecule has 28 heavy (non-hydrogen) atoms. The number of aryl methyl sites for hydroxylation is 1. The molecule has 1 aliphatic heterocycles. The largest absolute Gasteiger partial charge is 0.496 e. The summed E-state index contributed by atoms with van der Waals surface area (Å²) >= 11 is 6.11. The van der Waals surface area contributed by atoms with E-state index >= 15 is 0 Å². The zero-order chi connectivity index (χ0) is 20.3. The van der Waals surface area contributed by atoms with Crippen LogP contribution in [-0.2, 0) is 14.3 Å². The van der Waals surface area contributed by atoms with Crippen LogP contribution in [0.1, 0.15) is 11.1 Å². The van der Waals surface area contributed by atoms with E-state index in [9.17, 15) is 9.59 Å². The van der Waals surface area contributed by atoms with Gasteiger partial charge in [0.15, 0.2) is 0 Å². The molecule has 2 aromatic rings. The quantitative estimate of drug-likeness (QED) is 0.720. The van der Waals surface area contributed by atoms with Gasteiger partial charge in [0.2, 0.25) is 0 Å². The van der Waals surface area contributed by atoms with Crippen LogP contribution >= 0.6 is 11.6 Å². The van der Waals surface area contributed by atoms with Crippen molar-refractivity contribution in [1.29, 1.82) is 0 Å². The number of ether oxygens (including phenoxy) is 2. The average molecular weight is 401 g/mol. The minimum atomic E-state index is -0.415. The SMILES string of the molecule is COCCN1C(=O)C(Nc2cc(Cl)ccc2C)=C(c2ccccc2OC)C1=O. The predicted molar refractivity (Wildman–Crippen MR) is 108 cm³/mol. The van der Waals surface area contributed by atoms with Gasteiger partial charge in [-0.25, -0.2) is 0 Å². The van der Waals surface area contributed by atoms with Crippen LogP contribution in [0, 0.1) is 6.92 Å². The number of carbonyl (C=O) groups excluding carboxylic acids is 2. The number of nitrogens with one attached hydrogen (secondary N) is 1. The first-order valence-corrected chi connectivity index (χ1v) is 9.11. The number of para-hydroxylation sites is 1. The smallest absolute Gasteiger partial charge is 0.278 e. The number of nitrogens with zero attached hydrogens (tertiary/aromatic N) is 1. The highest BCUT2D eigenvalue weighted by Crippen LogP contribution is 2.35. The molecule has 146 valence electrons. The van der Waals surface area contributed by atoms with E-state index in [4.69, 9.17) is 21.1 Å². The summed E-state index contributed by atoms with van der Waals surface area (Å²) < 4.78 is 10.5. The second-order valence-corrected chi connectivity index (χ2v) is 6.73. The third-order valence-corrected chi connectivity index (χ3v) is 4.76. The van der Waals surface area contributed by atoms with Crippen LogP contribution in [0.25, 0.3) is 5.57 Å². The van der Waals surface area contributed by atoms with Crippen LogP contribution in [-0.4, -0.2) is 44.1 Å². The molecule has 0 aromatic heterocycles. The van der Waals surface area contributed by atoms with Crippen molar-refractivity contribution >= 4 is 34.7 Å². The van der Waals surface area contributed by atoms with Crippen molar-refractivity contribution in [2.24, 2.45) is 0 Å². The number of anilines is 1. The van der Waals surface area contributed by atoms with Gasteiger partial charge in [0.1, 0.15) is 11.4 Å². The van der Waals surface area contributed by atoms with E-state index in [0.717, 1.165) is 5.56 Å². The van der Waals surface area contributed by atoms with Gasteiger partial charge >= 0.3 is 0 Å². The molecule has 2 amide bonds. The lowest BCUT2D eigenvalue weighted by Gasteiger charge is -2.15. The number of halogens is 1. The number of carbonyl (C=O) groups is 2. The fourth-order valence-electron chi connectivity index (χ4n) is 3.04.